The zero-order valence-corrected chi connectivity index (χ0v) is 27.2. The van der Waals surface area contributed by atoms with Crippen molar-refractivity contribution in [2.45, 2.75) is 31.3 Å². The molecule has 0 aromatic heterocycles. The molecular formula is C48H34O. The summed E-state index contributed by atoms with van der Waals surface area (Å²) >= 11 is 0. The number of allylic oxidation sites excluding steroid dienone is 4. The molecule has 0 fully saturated rings. The normalized spacial score (nSPS) is 20.2. The minimum atomic E-state index is -0.0197. The molecule has 0 saturated carbocycles. The molecule has 3 aliphatic carbocycles. The largest absolute Gasteiger partial charge is 0.485 e. The Kier molecular flexibility index (Phi) is 5.81. The van der Waals surface area contributed by atoms with Gasteiger partial charge in [0.1, 0.15) is 11.9 Å². The fourth-order valence-electron chi connectivity index (χ4n) is 9.24. The van der Waals surface area contributed by atoms with Gasteiger partial charge in [0.2, 0.25) is 0 Å². The molecule has 1 nitrogen and oxygen atoms in total. The van der Waals surface area contributed by atoms with Gasteiger partial charge in [-0.2, -0.15) is 0 Å². The lowest BCUT2D eigenvalue weighted by atomic mass is 9.69. The summed E-state index contributed by atoms with van der Waals surface area (Å²) in [5.41, 5.74) is 10.6. The average molecular weight is 627 g/mol. The predicted molar refractivity (Wildman–Crippen MR) is 207 cm³/mol. The van der Waals surface area contributed by atoms with Gasteiger partial charge in [0.25, 0.3) is 0 Å². The van der Waals surface area contributed by atoms with Crippen LogP contribution in [0.2, 0.25) is 0 Å². The number of benzene rings is 7. The molecule has 4 aliphatic rings. The van der Waals surface area contributed by atoms with Crippen molar-refractivity contribution < 1.29 is 4.74 Å². The second kappa shape index (κ2) is 10.4. The van der Waals surface area contributed by atoms with Gasteiger partial charge in [0.05, 0.1) is 0 Å². The van der Waals surface area contributed by atoms with Crippen molar-refractivity contribution in [3.8, 4) is 16.9 Å². The summed E-state index contributed by atoms with van der Waals surface area (Å²) in [7, 11) is 0. The molecule has 3 unspecified atom stereocenters. The maximum Gasteiger partial charge on any atom is 0.131 e. The van der Waals surface area contributed by atoms with E-state index in [-0.39, 0.29) is 6.10 Å². The Morgan fingerprint density at radius 3 is 2.37 bits per heavy atom. The van der Waals surface area contributed by atoms with E-state index in [1.165, 1.54) is 87.6 Å². The predicted octanol–water partition coefficient (Wildman–Crippen LogP) is 12.5. The van der Waals surface area contributed by atoms with Gasteiger partial charge in [-0.15, -0.1) is 0 Å². The second-order valence-electron chi connectivity index (χ2n) is 14.2. The van der Waals surface area contributed by atoms with Crippen molar-refractivity contribution >= 4 is 60.8 Å². The van der Waals surface area contributed by atoms with E-state index in [0.29, 0.717) is 11.8 Å². The molecule has 11 rings (SSSR count). The summed E-state index contributed by atoms with van der Waals surface area (Å²) in [4.78, 5) is 0. The molecule has 7 aromatic carbocycles. The van der Waals surface area contributed by atoms with Crippen LogP contribution in [-0.4, -0.2) is 6.10 Å². The quantitative estimate of drug-likeness (QED) is 0.174. The minimum Gasteiger partial charge on any atom is -0.485 e. The summed E-state index contributed by atoms with van der Waals surface area (Å²) in [6.07, 6.45) is 19.5. The molecule has 1 heterocycles. The van der Waals surface area contributed by atoms with Gasteiger partial charge in [-0.1, -0.05) is 127 Å². The lowest BCUT2D eigenvalue weighted by molar-refractivity contribution is 0.164. The Morgan fingerprint density at radius 1 is 0.592 bits per heavy atom. The van der Waals surface area contributed by atoms with Crippen molar-refractivity contribution in [3.63, 3.8) is 0 Å². The molecule has 1 aliphatic heterocycles. The van der Waals surface area contributed by atoms with Crippen molar-refractivity contribution in [2.24, 2.45) is 5.92 Å². The highest BCUT2D eigenvalue weighted by molar-refractivity contribution is 6.18. The van der Waals surface area contributed by atoms with E-state index in [4.69, 9.17) is 4.74 Å². The molecule has 0 amide bonds. The third kappa shape index (κ3) is 4.12. The Labute approximate surface area is 286 Å². The van der Waals surface area contributed by atoms with Crippen LogP contribution >= 0.6 is 0 Å². The van der Waals surface area contributed by atoms with Crippen LogP contribution in [0.4, 0.5) is 0 Å². The molecule has 0 bridgehead atoms. The molecule has 0 N–H and O–H groups in total. The molecule has 0 radical (unpaired) electrons. The molecule has 232 valence electrons. The van der Waals surface area contributed by atoms with Crippen LogP contribution < -0.4 is 4.74 Å². The minimum absolute atomic E-state index is 0.0197. The smallest absolute Gasteiger partial charge is 0.131 e. The Bertz CT molecular complexity index is 2680. The first kappa shape index (κ1) is 27.3. The van der Waals surface area contributed by atoms with Crippen LogP contribution in [0.15, 0.2) is 140 Å². The SMILES string of the molecule is C1=CC2C(Oc3cc4ccccc4c4c3C2CC=C4)C(c2ccc3ccc4c5ccc(-c6ccc7c(c6)C=CCC7)cc5ccc4c3c2)=C1. The van der Waals surface area contributed by atoms with Gasteiger partial charge in [-0.25, -0.2) is 0 Å². The maximum absolute atomic E-state index is 7.04. The Morgan fingerprint density at radius 2 is 1.39 bits per heavy atom. The van der Waals surface area contributed by atoms with E-state index in [2.05, 4.69) is 152 Å². The Hall–Kier alpha value is -5.66. The van der Waals surface area contributed by atoms with Gasteiger partial charge in [0, 0.05) is 23.0 Å². The van der Waals surface area contributed by atoms with Gasteiger partial charge in [-0.05, 0) is 120 Å². The van der Waals surface area contributed by atoms with Crippen LogP contribution in [0.5, 0.6) is 5.75 Å². The summed E-state index contributed by atoms with van der Waals surface area (Å²) in [5.74, 6) is 1.76. The number of rotatable bonds is 2. The van der Waals surface area contributed by atoms with Crippen LogP contribution in [-0.2, 0) is 6.42 Å². The number of hydrogen-bond donors (Lipinski definition) is 0. The topological polar surface area (TPSA) is 9.23 Å². The first-order valence-corrected chi connectivity index (χ1v) is 17.7. The van der Waals surface area contributed by atoms with Gasteiger partial charge >= 0.3 is 0 Å². The van der Waals surface area contributed by atoms with Crippen molar-refractivity contribution in [2.75, 3.05) is 0 Å². The van der Waals surface area contributed by atoms with Gasteiger partial charge in [0.15, 0.2) is 0 Å². The van der Waals surface area contributed by atoms with E-state index in [0.717, 1.165) is 25.0 Å². The summed E-state index contributed by atoms with van der Waals surface area (Å²) in [5, 5.41) is 10.3. The van der Waals surface area contributed by atoms with Gasteiger partial charge in [-0.3, -0.25) is 0 Å². The standard InChI is InChI=1S/C48H34O/c1-2-8-31-25-32(17-15-29(31)7-1)33-20-22-38-35(26-33)21-24-41-40(38)23-19-30-16-18-36(27-45(30)41)39-11-5-14-44-43-13-6-12-42-37-10-4-3-9-34(37)28-46(47(42)43)49-48(39)44/h2-6,8-12,14-28,43-44,48H,1,7,13H2. The molecule has 0 saturated heterocycles. The monoisotopic (exact) mass is 626 g/mol. The van der Waals surface area contributed by atoms with E-state index in [1.807, 2.05) is 0 Å². The zero-order chi connectivity index (χ0) is 32.1. The van der Waals surface area contributed by atoms with Crippen molar-refractivity contribution in [3.05, 3.63) is 167 Å². The summed E-state index contributed by atoms with van der Waals surface area (Å²) in [6.45, 7) is 0. The third-order valence-electron chi connectivity index (χ3n) is 11.6. The molecule has 1 heteroatoms. The fourth-order valence-corrected chi connectivity index (χ4v) is 9.24. The molecule has 0 spiro atoms. The highest BCUT2D eigenvalue weighted by Gasteiger charge is 2.42. The molecule has 3 atom stereocenters. The van der Waals surface area contributed by atoms with E-state index in [9.17, 15) is 0 Å². The van der Waals surface area contributed by atoms with Crippen molar-refractivity contribution in [1.29, 1.82) is 0 Å². The highest BCUT2D eigenvalue weighted by Crippen LogP contribution is 2.52. The van der Waals surface area contributed by atoms with Crippen LogP contribution in [0.3, 0.4) is 0 Å². The molecule has 7 aromatic rings. The highest BCUT2D eigenvalue weighted by atomic mass is 16.5. The fraction of sp³-hybridized carbons (Fsp3) is 0.125. The lowest BCUT2D eigenvalue weighted by Gasteiger charge is -2.42. The summed E-state index contributed by atoms with van der Waals surface area (Å²) < 4.78 is 7.04. The van der Waals surface area contributed by atoms with Crippen LogP contribution in [0.25, 0.3) is 71.9 Å². The molecular weight excluding hydrogens is 593 g/mol. The lowest BCUT2D eigenvalue weighted by Crippen LogP contribution is -2.38. The first-order valence-electron chi connectivity index (χ1n) is 17.7. The van der Waals surface area contributed by atoms with Crippen LogP contribution in [0.1, 0.15) is 46.6 Å². The average Bonchev–Trinajstić information content (AvgIpc) is 3.17. The first-order chi connectivity index (χ1) is 24.3. The number of hydrogen-bond acceptors (Lipinski definition) is 1. The van der Waals surface area contributed by atoms with Crippen LogP contribution in [0, 0.1) is 5.92 Å². The number of aryl methyl sites for hydroxylation is 1. The second-order valence-corrected chi connectivity index (χ2v) is 14.2. The van der Waals surface area contributed by atoms with Gasteiger partial charge < -0.3 is 4.74 Å². The zero-order valence-electron chi connectivity index (χ0n) is 27.2. The number of fused-ring (bicyclic) bond motifs is 10. The summed E-state index contributed by atoms with van der Waals surface area (Å²) in [6, 6.07) is 41.2. The van der Waals surface area contributed by atoms with E-state index < -0.39 is 0 Å². The Balaban J connectivity index is 1.00. The third-order valence-corrected chi connectivity index (χ3v) is 11.6. The van der Waals surface area contributed by atoms with E-state index in [1.54, 1.807) is 0 Å². The van der Waals surface area contributed by atoms with E-state index >= 15 is 0 Å². The number of ether oxygens (including phenoxy) is 1. The molecule has 49 heavy (non-hydrogen) atoms. The van der Waals surface area contributed by atoms with Crippen molar-refractivity contribution in [1.82, 2.24) is 0 Å². The maximum atomic E-state index is 7.04.